The molecule has 2 heterocycles. The quantitative estimate of drug-likeness (QED) is 0.623. The van der Waals surface area contributed by atoms with Crippen molar-refractivity contribution < 1.29 is 9.53 Å². The van der Waals surface area contributed by atoms with Gasteiger partial charge in [0, 0.05) is 40.3 Å². The summed E-state index contributed by atoms with van der Waals surface area (Å²) in [5.41, 5.74) is 0. The molecule has 2 fully saturated rings. The van der Waals surface area contributed by atoms with Crippen LogP contribution in [0.4, 0.5) is 0 Å². The molecule has 2 saturated heterocycles. The molecule has 1 N–H and O–H groups in total. The van der Waals surface area contributed by atoms with Crippen LogP contribution in [-0.2, 0) is 9.53 Å². The lowest BCUT2D eigenvalue weighted by molar-refractivity contribution is -0.127. The van der Waals surface area contributed by atoms with E-state index in [1.807, 2.05) is 0 Å². The van der Waals surface area contributed by atoms with Gasteiger partial charge in [0.2, 0.25) is 5.91 Å². The Kier molecular flexibility index (Phi) is 6.69. The molecule has 0 bridgehead atoms. The number of amides is 1. The van der Waals surface area contributed by atoms with Crippen LogP contribution in [0.2, 0.25) is 0 Å². The lowest BCUT2D eigenvalue weighted by atomic mass is 9.92. The van der Waals surface area contributed by atoms with Gasteiger partial charge in [-0.3, -0.25) is 4.79 Å². The minimum atomic E-state index is 0.0273. The van der Waals surface area contributed by atoms with Crippen molar-refractivity contribution in [1.29, 1.82) is 0 Å². The molecule has 2 aliphatic heterocycles. The van der Waals surface area contributed by atoms with Crippen molar-refractivity contribution in [2.75, 3.05) is 46.9 Å². The van der Waals surface area contributed by atoms with E-state index in [1.165, 1.54) is 6.42 Å². The average molecular weight is 324 g/mol. The number of ether oxygens (including phenoxy) is 1. The molecule has 2 aliphatic rings. The second kappa shape index (κ2) is 8.52. The molecule has 2 rings (SSSR count). The van der Waals surface area contributed by atoms with E-state index in [-0.39, 0.29) is 18.6 Å². The van der Waals surface area contributed by atoms with Gasteiger partial charge in [0.1, 0.15) is 6.54 Å². The minimum absolute atomic E-state index is 0.0273. The highest BCUT2D eigenvalue weighted by Crippen LogP contribution is 2.21. The van der Waals surface area contributed by atoms with Crippen LogP contribution in [0, 0.1) is 11.8 Å². The molecule has 1 amide bonds. The largest absolute Gasteiger partial charge is 0.376 e. The Bertz CT molecular complexity index is 409. The molecule has 0 aromatic carbocycles. The standard InChI is InChI=1S/C17H32N4O2/c1-13-8-14(2)12-21(11-13)17(19-10-16(22)20(3)4)18-9-15-6-5-7-23-15/h13-15H,5-12H2,1-4H3,(H,18,19). The van der Waals surface area contributed by atoms with E-state index >= 15 is 0 Å². The zero-order valence-corrected chi connectivity index (χ0v) is 15.0. The second-order valence-electron chi connectivity index (χ2n) is 7.29. The number of piperidine rings is 1. The molecule has 0 aromatic heterocycles. The molecule has 0 aromatic rings. The summed E-state index contributed by atoms with van der Waals surface area (Å²) < 4.78 is 5.69. The highest BCUT2D eigenvalue weighted by Gasteiger charge is 2.25. The molecule has 132 valence electrons. The molecular weight excluding hydrogens is 292 g/mol. The Balaban J connectivity index is 1.99. The average Bonchev–Trinajstić information content (AvgIpc) is 2.99. The SMILES string of the molecule is CC1CC(C)CN(C(=NCC(=O)N(C)C)NCC2CCCO2)C1. The summed E-state index contributed by atoms with van der Waals surface area (Å²) in [5, 5.41) is 3.45. The number of carbonyl (C=O) groups is 1. The summed E-state index contributed by atoms with van der Waals surface area (Å²) in [7, 11) is 3.53. The highest BCUT2D eigenvalue weighted by molar-refractivity contribution is 5.85. The first-order valence-electron chi connectivity index (χ1n) is 8.80. The van der Waals surface area contributed by atoms with E-state index in [0.717, 1.165) is 45.0 Å². The van der Waals surface area contributed by atoms with Crippen molar-refractivity contribution in [3.8, 4) is 0 Å². The van der Waals surface area contributed by atoms with Gasteiger partial charge in [-0.25, -0.2) is 4.99 Å². The maximum absolute atomic E-state index is 11.9. The van der Waals surface area contributed by atoms with Gasteiger partial charge in [-0.1, -0.05) is 13.8 Å². The van der Waals surface area contributed by atoms with E-state index in [0.29, 0.717) is 11.8 Å². The highest BCUT2D eigenvalue weighted by atomic mass is 16.5. The topological polar surface area (TPSA) is 57.2 Å². The Labute approximate surface area is 140 Å². The molecular formula is C17H32N4O2. The minimum Gasteiger partial charge on any atom is -0.376 e. The van der Waals surface area contributed by atoms with Crippen LogP contribution in [0.5, 0.6) is 0 Å². The number of rotatable bonds is 4. The second-order valence-corrected chi connectivity index (χ2v) is 7.29. The smallest absolute Gasteiger partial charge is 0.243 e. The van der Waals surface area contributed by atoms with Gasteiger partial charge in [0.05, 0.1) is 6.10 Å². The van der Waals surface area contributed by atoms with Crippen LogP contribution in [0.25, 0.3) is 0 Å². The fourth-order valence-corrected chi connectivity index (χ4v) is 3.40. The van der Waals surface area contributed by atoms with Gasteiger partial charge in [0.15, 0.2) is 5.96 Å². The zero-order chi connectivity index (χ0) is 16.8. The predicted molar refractivity (Wildman–Crippen MR) is 92.5 cm³/mol. The molecule has 0 spiro atoms. The summed E-state index contributed by atoms with van der Waals surface area (Å²) in [6.45, 7) is 8.39. The number of nitrogens with one attached hydrogen (secondary N) is 1. The fourth-order valence-electron chi connectivity index (χ4n) is 3.40. The Morgan fingerprint density at radius 2 is 2.00 bits per heavy atom. The third kappa shape index (κ3) is 5.68. The summed E-state index contributed by atoms with van der Waals surface area (Å²) in [6.07, 6.45) is 3.76. The van der Waals surface area contributed by atoms with Crippen molar-refractivity contribution in [2.45, 2.75) is 39.2 Å². The Morgan fingerprint density at radius 3 is 2.57 bits per heavy atom. The molecule has 6 nitrogen and oxygen atoms in total. The van der Waals surface area contributed by atoms with Crippen molar-refractivity contribution in [2.24, 2.45) is 16.8 Å². The predicted octanol–water partition coefficient (Wildman–Crippen LogP) is 1.18. The molecule has 23 heavy (non-hydrogen) atoms. The van der Waals surface area contributed by atoms with Crippen molar-refractivity contribution in [3.05, 3.63) is 0 Å². The summed E-state index contributed by atoms with van der Waals surface area (Å²) >= 11 is 0. The molecule has 6 heteroatoms. The number of likely N-dealkylation sites (N-methyl/N-ethyl adjacent to an activating group) is 1. The third-order valence-corrected chi connectivity index (χ3v) is 4.54. The van der Waals surface area contributed by atoms with Gasteiger partial charge in [-0.15, -0.1) is 0 Å². The maximum atomic E-state index is 11.9. The van der Waals surface area contributed by atoms with E-state index < -0.39 is 0 Å². The Morgan fingerprint density at radius 1 is 1.30 bits per heavy atom. The van der Waals surface area contributed by atoms with E-state index in [1.54, 1.807) is 19.0 Å². The first kappa shape index (κ1) is 18.0. The number of hydrogen-bond acceptors (Lipinski definition) is 3. The van der Waals surface area contributed by atoms with E-state index in [2.05, 4.69) is 29.1 Å². The number of carbonyl (C=O) groups excluding carboxylic acids is 1. The van der Waals surface area contributed by atoms with Crippen LogP contribution in [0.15, 0.2) is 4.99 Å². The van der Waals surface area contributed by atoms with Crippen LogP contribution in [0.3, 0.4) is 0 Å². The number of likely N-dealkylation sites (tertiary alicyclic amines) is 1. The molecule has 0 aliphatic carbocycles. The lowest BCUT2D eigenvalue weighted by Gasteiger charge is -2.37. The van der Waals surface area contributed by atoms with Crippen molar-refractivity contribution >= 4 is 11.9 Å². The van der Waals surface area contributed by atoms with Gasteiger partial charge in [-0.05, 0) is 31.1 Å². The summed E-state index contributed by atoms with van der Waals surface area (Å²) in [6, 6.07) is 0. The van der Waals surface area contributed by atoms with Crippen LogP contribution in [-0.4, -0.2) is 74.7 Å². The van der Waals surface area contributed by atoms with Gasteiger partial charge in [-0.2, -0.15) is 0 Å². The first-order valence-corrected chi connectivity index (χ1v) is 8.80. The molecule has 0 radical (unpaired) electrons. The number of aliphatic imine (C=N–C) groups is 1. The van der Waals surface area contributed by atoms with Crippen LogP contribution >= 0.6 is 0 Å². The molecule has 0 saturated carbocycles. The normalized spacial score (nSPS) is 28.8. The first-order chi connectivity index (χ1) is 11.0. The van der Waals surface area contributed by atoms with Crippen LogP contribution < -0.4 is 5.32 Å². The monoisotopic (exact) mass is 324 g/mol. The van der Waals surface area contributed by atoms with Gasteiger partial charge >= 0.3 is 0 Å². The van der Waals surface area contributed by atoms with Crippen LogP contribution in [0.1, 0.15) is 33.1 Å². The number of guanidine groups is 1. The molecule has 3 unspecified atom stereocenters. The fraction of sp³-hybridized carbons (Fsp3) is 0.882. The maximum Gasteiger partial charge on any atom is 0.243 e. The van der Waals surface area contributed by atoms with Gasteiger partial charge < -0.3 is 19.9 Å². The Hall–Kier alpha value is -1.30. The molecule has 3 atom stereocenters. The summed E-state index contributed by atoms with van der Waals surface area (Å²) in [4.78, 5) is 20.3. The lowest BCUT2D eigenvalue weighted by Crippen LogP contribution is -2.50. The van der Waals surface area contributed by atoms with E-state index in [9.17, 15) is 4.79 Å². The van der Waals surface area contributed by atoms with Crippen molar-refractivity contribution in [1.82, 2.24) is 15.1 Å². The van der Waals surface area contributed by atoms with Gasteiger partial charge in [0.25, 0.3) is 0 Å². The number of hydrogen-bond donors (Lipinski definition) is 1. The number of nitrogens with zero attached hydrogens (tertiary/aromatic N) is 3. The summed E-state index contributed by atoms with van der Waals surface area (Å²) in [5.74, 6) is 2.18. The zero-order valence-electron chi connectivity index (χ0n) is 15.0. The third-order valence-electron chi connectivity index (χ3n) is 4.54. The van der Waals surface area contributed by atoms with E-state index in [4.69, 9.17) is 4.74 Å². The van der Waals surface area contributed by atoms with Crippen molar-refractivity contribution in [3.63, 3.8) is 0 Å².